The van der Waals surface area contributed by atoms with E-state index < -0.39 is 5.91 Å². The molecule has 0 spiro atoms. The molecule has 0 aliphatic heterocycles. The molecule has 4 heteroatoms. The number of amides is 1. The number of hydrogen-bond donors (Lipinski definition) is 1. The van der Waals surface area contributed by atoms with Gasteiger partial charge < -0.3 is 10.5 Å². The van der Waals surface area contributed by atoms with E-state index in [-0.39, 0.29) is 0 Å². The van der Waals surface area contributed by atoms with E-state index in [0.717, 1.165) is 10.6 Å². The van der Waals surface area contributed by atoms with Crippen LogP contribution >= 0.6 is 11.8 Å². The molecular weight excluding hydrogens is 258 g/mol. The summed E-state index contributed by atoms with van der Waals surface area (Å²) in [5.41, 5.74) is 6.94. The molecule has 1 amide bonds. The smallest absolute Gasteiger partial charge is 0.252 e. The Morgan fingerprint density at radius 1 is 1.21 bits per heavy atom. The van der Waals surface area contributed by atoms with Crippen LogP contribution in [0.1, 0.15) is 15.9 Å². The van der Waals surface area contributed by atoms with Gasteiger partial charge in [0.05, 0.1) is 12.7 Å². The van der Waals surface area contributed by atoms with Crippen molar-refractivity contribution >= 4 is 17.7 Å². The second-order valence-electron chi connectivity index (χ2n) is 4.00. The van der Waals surface area contributed by atoms with Crippen LogP contribution in [0.15, 0.2) is 53.4 Å². The maximum atomic E-state index is 11.2. The Hall–Kier alpha value is -1.94. The summed E-state index contributed by atoms with van der Waals surface area (Å²) in [6.07, 6.45) is 0. The summed E-state index contributed by atoms with van der Waals surface area (Å²) in [4.78, 5) is 12.3. The summed E-state index contributed by atoms with van der Waals surface area (Å²) in [5.74, 6) is 0.918. The molecule has 2 N–H and O–H groups in total. The van der Waals surface area contributed by atoms with Crippen molar-refractivity contribution in [1.82, 2.24) is 0 Å². The predicted octanol–water partition coefficient (Wildman–Crippen LogP) is 3.09. The Kier molecular flexibility index (Phi) is 4.47. The zero-order chi connectivity index (χ0) is 13.7. The number of benzene rings is 2. The third-order valence-corrected chi connectivity index (χ3v) is 3.75. The highest BCUT2D eigenvalue weighted by Crippen LogP contribution is 2.28. The van der Waals surface area contributed by atoms with Crippen LogP contribution in [0.25, 0.3) is 0 Å². The lowest BCUT2D eigenvalue weighted by atomic mass is 10.2. The van der Waals surface area contributed by atoms with Crippen LogP contribution in [0.5, 0.6) is 5.75 Å². The molecule has 0 atom stereocenters. The lowest BCUT2D eigenvalue weighted by molar-refractivity contribution is 0.0997. The van der Waals surface area contributed by atoms with Gasteiger partial charge in [-0.3, -0.25) is 4.79 Å². The average molecular weight is 273 g/mol. The molecule has 19 heavy (non-hydrogen) atoms. The van der Waals surface area contributed by atoms with Crippen LogP contribution in [-0.4, -0.2) is 13.0 Å². The molecule has 0 aliphatic carbocycles. The molecule has 0 saturated heterocycles. The fourth-order valence-corrected chi connectivity index (χ4v) is 2.59. The van der Waals surface area contributed by atoms with E-state index >= 15 is 0 Å². The van der Waals surface area contributed by atoms with Crippen LogP contribution in [0.3, 0.4) is 0 Å². The minimum Gasteiger partial charge on any atom is -0.496 e. The van der Waals surface area contributed by atoms with Gasteiger partial charge in [0.15, 0.2) is 0 Å². The second kappa shape index (κ2) is 6.29. The van der Waals surface area contributed by atoms with E-state index in [1.165, 1.54) is 12.7 Å². The molecule has 2 aromatic carbocycles. The number of primary amides is 1. The number of thioether (sulfide) groups is 1. The minimum absolute atomic E-state index is 0.409. The Labute approximate surface area is 116 Å². The van der Waals surface area contributed by atoms with E-state index in [1.54, 1.807) is 17.8 Å². The van der Waals surface area contributed by atoms with Crippen molar-refractivity contribution in [3.8, 4) is 5.75 Å². The predicted molar refractivity (Wildman–Crippen MR) is 77.5 cm³/mol. The first kappa shape index (κ1) is 13.5. The highest BCUT2D eigenvalue weighted by molar-refractivity contribution is 7.98. The lowest BCUT2D eigenvalue weighted by Gasteiger charge is -2.08. The first-order valence-electron chi connectivity index (χ1n) is 5.85. The molecule has 0 bridgehead atoms. The molecule has 2 aromatic rings. The summed E-state index contributed by atoms with van der Waals surface area (Å²) < 4.78 is 5.19. The van der Waals surface area contributed by atoms with Crippen LogP contribution in [0, 0.1) is 0 Å². The number of nitrogens with two attached hydrogens (primary N) is 1. The molecule has 0 radical (unpaired) electrons. The zero-order valence-electron chi connectivity index (χ0n) is 10.6. The molecule has 0 unspecified atom stereocenters. The molecule has 0 fully saturated rings. The van der Waals surface area contributed by atoms with Gasteiger partial charge >= 0.3 is 0 Å². The third kappa shape index (κ3) is 3.51. The van der Waals surface area contributed by atoms with Crippen molar-refractivity contribution in [2.45, 2.75) is 10.6 Å². The molecular formula is C15H15NO2S. The fourth-order valence-electron chi connectivity index (χ4n) is 1.71. The number of ether oxygens (including phenoxy) is 1. The van der Waals surface area contributed by atoms with Gasteiger partial charge in [-0.15, -0.1) is 11.8 Å². The van der Waals surface area contributed by atoms with Crippen molar-refractivity contribution in [2.24, 2.45) is 5.73 Å². The monoisotopic (exact) mass is 273 g/mol. The van der Waals surface area contributed by atoms with Crippen molar-refractivity contribution in [3.63, 3.8) is 0 Å². The SMILES string of the molecule is COc1cc(SCc2ccccc2)ccc1C(N)=O. The number of methoxy groups -OCH3 is 1. The van der Waals surface area contributed by atoms with Crippen LogP contribution in [-0.2, 0) is 5.75 Å². The molecule has 2 rings (SSSR count). The van der Waals surface area contributed by atoms with Gasteiger partial charge in [-0.1, -0.05) is 30.3 Å². The minimum atomic E-state index is -0.476. The molecule has 0 heterocycles. The number of hydrogen-bond acceptors (Lipinski definition) is 3. The van der Waals surface area contributed by atoms with Crippen molar-refractivity contribution in [2.75, 3.05) is 7.11 Å². The first-order valence-corrected chi connectivity index (χ1v) is 6.84. The van der Waals surface area contributed by atoms with Crippen molar-refractivity contribution < 1.29 is 9.53 Å². The Bertz CT molecular complexity index is 570. The number of rotatable bonds is 5. The van der Waals surface area contributed by atoms with Crippen LogP contribution in [0.4, 0.5) is 0 Å². The fraction of sp³-hybridized carbons (Fsp3) is 0.133. The van der Waals surface area contributed by atoms with Gasteiger partial charge in [0.1, 0.15) is 5.75 Å². The first-order chi connectivity index (χ1) is 9.20. The maximum absolute atomic E-state index is 11.2. The summed E-state index contributed by atoms with van der Waals surface area (Å²) in [6.45, 7) is 0. The topological polar surface area (TPSA) is 52.3 Å². The van der Waals surface area contributed by atoms with E-state index in [0.29, 0.717) is 11.3 Å². The third-order valence-electron chi connectivity index (χ3n) is 2.69. The highest BCUT2D eigenvalue weighted by atomic mass is 32.2. The average Bonchev–Trinajstić information content (AvgIpc) is 2.45. The quantitative estimate of drug-likeness (QED) is 0.852. The van der Waals surface area contributed by atoms with Crippen molar-refractivity contribution in [3.05, 3.63) is 59.7 Å². The normalized spacial score (nSPS) is 10.2. The number of carbonyl (C=O) groups is 1. The Balaban J connectivity index is 2.11. The summed E-state index contributed by atoms with van der Waals surface area (Å²) >= 11 is 1.69. The highest BCUT2D eigenvalue weighted by Gasteiger charge is 2.09. The maximum Gasteiger partial charge on any atom is 0.252 e. The van der Waals surface area contributed by atoms with E-state index in [9.17, 15) is 4.79 Å². The van der Waals surface area contributed by atoms with Gasteiger partial charge in [0.25, 0.3) is 5.91 Å². The lowest BCUT2D eigenvalue weighted by Crippen LogP contribution is -2.12. The molecule has 0 aliphatic rings. The van der Waals surface area contributed by atoms with E-state index in [4.69, 9.17) is 10.5 Å². The Morgan fingerprint density at radius 2 is 1.95 bits per heavy atom. The van der Waals surface area contributed by atoms with Crippen LogP contribution < -0.4 is 10.5 Å². The largest absolute Gasteiger partial charge is 0.496 e. The van der Waals surface area contributed by atoms with Gasteiger partial charge in [-0.2, -0.15) is 0 Å². The number of carbonyl (C=O) groups excluding carboxylic acids is 1. The van der Waals surface area contributed by atoms with E-state index in [2.05, 4.69) is 12.1 Å². The summed E-state index contributed by atoms with van der Waals surface area (Å²) in [7, 11) is 1.54. The molecule has 98 valence electrons. The van der Waals surface area contributed by atoms with Gasteiger partial charge in [-0.25, -0.2) is 0 Å². The summed E-state index contributed by atoms with van der Waals surface area (Å²) in [5, 5.41) is 0. The summed E-state index contributed by atoms with van der Waals surface area (Å²) in [6, 6.07) is 15.6. The van der Waals surface area contributed by atoms with Crippen LogP contribution in [0.2, 0.25) is 0 Å². The second-order valence-corrected chi connectivity index (χ2v) is 5.05. The molecule has 3 nitrogen and oxygen atoms in total. The molecule has 0 saturated carbocycles. The van der Waals surface area contributed by atoms with E-state index in [1.807, 2.05) is 30.3 Å². The van der Waals surface area contributed by atoms with Gasteiger partial charge in [0, 0.05) is 10.6 Å². The zero-order valence-corrected chi connectivity index (χ0v) is 11.4. The standard InChI is InChI=1S/C15H15NO2S/c1-18-14-9-12(7-8-13(14)15(16)17)19-10-11-5-3-2-4-6-11/h2-9H,10H2,1H3,(H2,16,17). The Morgan fingerprint density at radius 3 is 2.58 bits per heavy atom. The van der Waals surface area contributed by atoms with Crippen molar-refractivity contribution in [1.29, 1.82) is 0 Å². The van der Waals surface area contributed by atoms with Gasteiger partial charge in [0.2, 0.25) is 0 Å². The molecule has 0 aromatic heterocycles. The van der Waals surface area contributed by atoms with Gasteiger partial charge in [-0.05, 0) is 23.8 Å².